The second kappa shape index (κ2) is 8.01. The zero-order chi connectivity index (χ0) is 18.6. The number of aromatic nitrogens is 2. The van der Waals surface area contributed by atoms with Gasteiger partial charge >= 0.3 is 6.18 Å². The molecule has 1 aromatic heterocycles. The predicted molar refractivity (Wildman–Crippen MR) is 92.6 cm³/mol. The van der Waals surface area contributed by atoms with E-state index in [1.54, 1.807) is 0 Å². The molecule has 0 bridgehead atoms. The maximum absolute atomic E-state index is 12.7. The maximum atomic E-state index is 12.7. The molecule has 0 aliphatic carbocycles. The van der Waals surface area contributed by atoms with Crippen LogP contribution in [0.2, 0.25) is 0 Å². The van der Waals surface area contributed by atoms with E-state index in [0.717, 1.165) is 44.6 Å². The van der Waals surface area contributed by atoms with Crippen LogP contribution in [0.1, 0.15) is 24.1 Å². The third-order valence-electron chi connectivity index (χ3n) is 4.48. The van der Waals surface area contributed by atoms with Crippen LogP contribution in [0, 0.1) is 5.92 Å². The van der Waals surface area contributed by atoms with Crippen LogP contribution in [0.15, 0.2) is 35.1 Å². The molecule has 1 aliphatic heterocycles. The van der Waals surface area contributed by atoms with Gasteiger partial charge in [0.05, 0.1) is 11.3 Å². The van der Waals surface area contributed by atoms with Crippen LogP contribution in [-0.4, -0.2) is 29.6 Å². The minimum atomic E-state index is -4.39. The number of alkyl halides is 3. The van der Waals surface area contributed by atoms with Gasteiger partial charge in [-0.3, -0.25) is 4.79 Å². The molecule has 1 aliphatic rings. The molecule has 5 nitrogen and oxygen atoms in total. The summed E-state index contributed by atoms with van der Waals surface area (Å²) in [6, 6.07) is 6.00. The minimum absolute atomic E-state index is 0.268. The number of nitrogens with one attached hydrogen (secondary N) is 3. The summed E-state index contributed by atoms with van der Waals surface area (Å²) in [4.78, 5) is 18.8. The molecule has 0 spiro atoms. The van der Waals surface area contributed by atoms with Crippen molar-refractivity contribution in [3.63, 3.8) is 0 Å². The van der Waals surface area contributed by atoms with E-state index in [0.29, 0.717) is 23.7 Å². The lowest BCUT2D eigenvalue weighted by Gasteiger charge is -2.22. The Kier molecular flexibility index (Phi) is 5.73. The first-order valence-corrected chi connectivity index (χ1v) is 8.61. The fraction of sp³-hybridized carbons (Fsp3) is 0.444. The van der Waals surface area contributed by atoms with Gasteiger partial charge in [-0.15, -0.1) is 0 Å². The summed E-state index contributed by atoms with van der Waals surface area (Å²) in [5.74, 6) is 0.873. The molecule has 140 valence electrons. The summed E-state index contributed by atoms with van der Waals surface area (Å²) >= 11 is 0. The number of hydrogen-bond acceptors (Lipinski definition) is 4. The van der Waals surface area contributed by atoms with Gasteiger partial charge in [-0.25, -0.2) is 4.98 Å². The van der Waals surface area contributed by atoms with Crippen molar-refractivity contribution in [1.29, 1.82) is 0 Å². The quantitative estimate of drug-likeness (QED) is 0.761. The number of hydrogen-bond donors (Lipinski definition) is 3. The Hall–Kier alpha value is -2.19. The molecular formula is C18H21F3N4O. The molecule has 0 atom stereocenters. The van der Waals surface area contributed by atoms with Gasteiger partial charge < -0.3 is 15.6 Å². The van der Waals surface area contributed by atoms with Crippen LogP contribution in [0.4, 0.5) is 13.2 Å². The molecule has 8 heteroatoms. The smallest absolute Gasteiger partial charge is 0.317 e. The highest BCUT2D eigenvalue weighted by Crippen LogP contribution is 2.30. The standard InChI is InChI=1S/C18H21F3N4O/c19-18(20,21)14-3-1-13(2-4-14)17-24-15(9-16(26)25-17)11-23-10-12-5-7-22-8-6-12/h1-4,9,12,22-23H,5-8,10-11H2,(H,24,25,26). The van der Waals surface area contributed by atoms with Gasteiger partial charge in [0.1, 0.15) is 5.82 Å². The van der Waals surface area contributed by atoms with Crippen molar-refractivity contribution >= 4 is 0 Å². The lowest BCUT2D eigenvalue weighted by atomic mass is 9.98. The Balaban J connectivity index is 1.68. The number of H-pyrrole nitrogens is 1. The predicted octanol–water partition coefficient (Wildman–Crippen LogP) is 2.54. The van der Waals surface area contributed by atoms with Crippen LogP contribution in [0.5, 0.6) is 0 Å². The molecule has 3 rings (SSSR count). The van der Waals surface area contributed by atoms with Crippen molar-refractivity contribution in [2.24, 2.45) is 5.92 Å². The van der Waals surface area contributed by atoms with E-state index in [9.17, 15) is 18.0 Å². The molecule has 26 heavy (non-hydrogen) atoms. The van der Waals surface area contributed by atoms with Gasteiger partial charge in [-0.05, 0) is 50.5 Å². The van der Waals surface area contributed by atoms with Crippen LogP contribution in [0.25, 0.3) is 11.4 Å². The van der Waals surface area contributed by atoms with Crippen LogP contribution >= 0.6 is 0 Å². The van der Waals surface area contributed by atoms with Crippen LogP contribution in [-0.2, 0) is 12.7 Å². The van der Waals surface area contributed by atoms with Crippen molar-refractivity contribution in [1.82, 2.24) is 20.6 Å². The molecule has 1 aromatic carbocycles. The van der Waals surface area contributed by atoms with Crippen molar-refractivity contribution in [3.8, 4) is 11.4 Å². The lowest BCUT2D eigenvalue weighted by Crippen LogP contribution is -2.33. The van der Waals surface area contributed by atoms with Gasteiger partial charge in [-0.2, -0.15) is 13.2 Å². The van der Waals surface area contributed by atoms with Crippen LogP contribution in [0.3, 0.4) is 0 Å². The molecule has 0 radical (unpaired) electrons. The number of aromatic amines is 1. The van der Waals surface area contributed by atoms with E-state index < -0.39 is 11.7 Å². The zero-order valence-electron chi connectivity index (χ0n) is 14.2. The number of halogens is 3. The first-order valence-electron chi connectivity index (χ1n) is 8.61. The summed E-state index contributed by atoms with van der Waals surface area (Å²) < 4.78 is 38.0. The van der Waals surface area contributed by atoms with E-state index >= 15 is 0 Å². The van der Waals surface area contributed by atoms with E-state index in [1.165, 1.54) is 18.2 Å². The van der Waals surface area contributed by atoms with E-state index in [-0.39, 0.29) is 11.4 Å². The monoisotopic (exact) mass is 366 g/mol. The number of nitrogens with zero attached hydrogens (tertiary/aromatic N) is 1. The molecule has 1 saturated heterocycles. The topological polar surface area (TPSA) is 69.8 Å². The van der Waals surface area contributed by atoms with E-state index in [4.69, 9.17) is 0 Å². The van der Waals surface area contributed by atoms with Gasteiger partial charge in [0.25, 0.3) is 5.56 Å². The Morgan fingerprint density at radius 2 is 1.85 bits per heavy atom. The second-order valence-electron chi connectivity index (χ2n) is 6.48. The molecule has 2 heterocycles. The first kappa shape index (κ1) is 18.6. The Bertz CT molecular complexity index is 780. The highest BCUT2D eigenvalue weighted by molar-refractivity contribution is 5.55. The highest BCUT2D eigenvalue weighted by Gasteiger charge is 2.30. The zero-order valence-corrected chi connectivity index (χ0v) is 14.2. The largest absolute Gasteiger partial charge is 0.416 e. The molecule has 2 aromatic rings. The Morgan fingerprint density at radius 1 is 1.15 bits per heavy atom. The van der Waals surface area contributed by atoms with Crippen LogP contribution < -0.4 is 16.2 Å². The first-order chi connectivity index (χ1) is 12.4. The Labute approximate surface area is 149 Å². The van der Waals surface area contributed by atoms with Crippen molar-refractivity contribution in [3.05, 3.63) is 51.9 Å². The normalized spacial score (nSPS) is 16.0. The summed E-state index contributed by atoms with van der Waals surface area (Å²) in [5.41, 5.74) is -0.0511. The van der Waals surface area contributed by atoms with Crippen molar-refractivity contribution < 1.29 is 13.2 Å². The molecular weight excluding hydrogens is 345 g/mol. The SMILES string of the molecule is O=c1cc(CNCC2CCNCC2)nc(-c2ccc(C(F)(F)F)cc2)[nH]1. The number of piperidine rings is 1. The highest BCUT2D eigenvalue weighted by atomic mass is 19.4. The third-order valence-corrected chi connectivity index (χ3v) is 4.48. The third kappa shape index (κ3) is 4.92. The minimum Gasteiger partial charge on any atom is -0.317 e. The number of rotatable bonds is 5. The molecule has 0 unspecified atom stereocenters. The average molecular weight is 366 g/mol. The summed E-state index contributed by atoms with van der Waals surface area (Å²) in [6.45, 7) is 3.34. The van der Waals surface area contributed by atoms with Gasteiger partial charge in [0.15, 0.2) is 0 Å². The molecule has 0 amide bonds. The van der Waals surface area contributed by atoms with Gasteiger partial charge in [-0.1, -0.05) is 12.1 Å². The molecule has 3 N–H and O–H groups in total. The fourth-order valence-corrected chi connectivity index (χ4v) is 3.04. The van der Waals surface area contributed by atoms with Gasteiger partial charge in [0, 0.05) is 18.2 Å². The molecule has 0 saturated carbocycles. The van der Waals surface area contributed by atoms with Crippen molar-refractivity contribution in [2.45, 2.75) is 25.6 Å². The van der Waals surface area contributed by atoms with Crippen molar-refractivity contribution in [2.75, 3.05) is 19.6 Å². The average Bonchev–Trinajstić information content (AvgIpc) is 2.62. The Morgan fingerprint density at radius 3 is 2.50 bits per heavy atom. The fourth-order valence-electron chi connectivity index (χ4n) is 3.04. The second-order valence-corrected chi connectivity index (χ2v) is 6.48. The van der Waals surface area contributed by atoms with E-state index in [2.05, 4.69) is 20.6 Å². The maximum Gasteiger partial charge on any atom is 0.416 e. The molecule has 1 fully saturated rings. The van der Waals surface area contributed by atoms with Gasteiger partial charge in [0.2, 0.25) is 0 Å². The lowest BCUT2D eigenvalue weighted by molar-refractivity contribution is -0.137. The summed E-state index contributed by atoms with van der Waals surface area (Å²) in [6.07, 6.45) is -2.15. The summed E-state index contributed by atoms with van der Waals surface area (Å²) in [7, 11) is 0. The number of benzene rings is 1. The van der Waals surface area contributed by atoms with E-state index in [1.807, 2.05) is 0 Å². The summed E-state index contributed by atoms with van der Waals surface area (Å²) in [5, 5.41) is 6.63.